The number of amides is 3. The van der Waals surface area contributed by atoms with Gasteiger partial charge in [0.1, 0.15) is 0 Å². The van der Waals surface area contributed by atoms with Crippen LogP contribution in [0.5, 0.6) is 0 Å². The number of hydrogen-bond donors (Lipinski definition) is 4. The van der Waals surface area contributed by atoms with Gasteiger partial charge in [0, 0.05) is 45.2 Å². The van der Waals surface area contributed by atoms with Crippen molar-refractivity contribution in [3.63, 3.8) is 0 Å². The van der Waals surface area contributed by atoms with E-state index >= 15 is 0 Å². The van der Waals surface area contributed by atoms with Gasteiger partial charge in [0.15, 0.2) is 0 Å². The quantitative estimate of drug-likeness (QED) is 0.561. The van der Waals surface area contributed by atoms with E-state index in [1.165, 1.54) is 0 Å². The fourth-order valence-corrected chi connectivity index (χ4v) is 3.08. The SMILES string of the molecule is CC(C)CNC(=O)N1CCCC(C(=O)NCC2CNCC2O)C1.Cl. The molecule has 3 unspecified atom stereocenters. The van der Waals surface area contributed by atoms with Crippen LogP contribution in [0.2, 0.25) is 0 Å². The summed E-state index contributed by atoms with van der Waals surface area (Å²) >= 11 is 0. The molecule has 0 saturated carbocycles. The molecule has 2 aliphatic rings. The molecular weight excluding hydrogens is 332 g/mol. The summed E-state index contributed by atoms with van der Waals surface area (Å²) < 4.78 is 0. The van der Waals surface area contributed by atoms with Gasteiger partial charge in [0.05, 0.1) is 12.0 Å². The normalized spacial score (nSPS) is 26.8. The third-order valence-corrected chi connectivity index (χ3v) is 4.58. The average Bonchev–Trinajstić information content (AvgIpc) is 2.95. The van der Waals surface area contributed by atoms with Crippen LogP contribution in [0.4, 0.5) is 4.79 Å². The summed E-state index contributed by atoms with van der Waals surface area (Å²) in [5.74, 6) is 0.327. The number of likely N-dealkylation sites (tertiary alicyclic amines) is 1. The van der Waals surface area contributed by atoms with Crippen molar-refractivity contribution < 1.29 is 14.7 Å². The third-order valence-electron chi connectivity index (χ3n) is 4.58. The van der Waals surface area contributed by atoms with Crippen molar-refractivity contribution in [1.82, 2.24) is 20.9 Å². The molecule has 4 N–H and O–H groups in total. The number of carbonyl (C=O) groups excluding carboxylic acids is 2. The molecule has 2 rings (SSSR count). The first-order chi connectivity index (χ1) is 11.0. The van der Waals surface area contributed by atoms with Crippen LogP contribution in [0.3, 0.4) is 0 Å². The molecule has 0 aromatic rings. The van der Waals surface area contributed by atoms with E-state index in [0.29, 0.717) is 38.6 Å². The number of nitrogens with zero attached hydrogens (tertiary/aromatic N) is 1. The molecule has 24 heavy (non-hydrogen) atoms. The Morgan fingerprint density at radius 3 is 2.67 bits per heavy atom. The minimum absolute atomic E-state index is 0. The van der Waals surface area contributed by atoms with E-state index in [-0.39, 0.29) is 42.3 Å². The number of β-amino-alcohol motifs (C(OH)–C–C–N with tert-alkyl or cyclic N) is 1. The zero-order chi connectivity index (χ0) is 16.8. The van der Waals surface area contributed by atoms with Crippen LogP contribution in [-0.2, 0) is 4.79 Å². The molecule has 2 saturated heterocycles. The summed E-state index contributed by atoms with van der Waals surface area (Å²) in [5.41, 5.74) is 0. The Labute approximate surface area is 150 Å². The summed E-state index contributed by atoms with van der Waals surface area (Å²) in [6, 6.07) is -0.0772. The number of piperidine rings is 1. The van der Waals surface area contributed by atoms with Crippen molar-refractivity contribution in [2.75, 3.05) is 39.3 Å². The first-order valence-electron chi connectivity index (χ1n) is 8.66. The summed E-state index contributed by atoms with van der Waals surface area (Å²) in [5, 5.41) is 18.7. The van der Waals surface area contributed by atoms with Gasteiger partial charge in [0.25, 0.3) is 0 Å². The monoisotopic (exact) mass is 362 g/mol. The molecule has 140 valence electrons. The Kier molecular flexibility index (Phi) is 8.80. The molecular formula is C16H31ClN4O3. The van der Waals surface area contributed by atoms with E-state index in [0.717, 1.165) is 19.4 Å². The maximum absolute atomic E-state index is 12.3. The van der Waals surface area contributed by atoms with Crippen LogP contribution in [0.25, 0.3) is 0 Å². The van der Waals surface area contributed by atoms with Crippen LogP contribution in [0.15, 0.2) is 0 Å². The second-order valence-corrected chi connectivity index (χ2v) is 7.10. The molecule has 2 fully saturated rings. The molecule has 7 nitrogen and oxygen atoms in total. The summed E-state index contributed by atoms with van der Waals surface area (Å²) in [6.07, 6.45) is 1.27. The Balaban J connectivity index is 0.00000288. The summed E-state index contributed by atoms with van der Waals surface area (Å²) in [6.45, 7) is 7.75. The van der Waals surface area contributed by atoms with Crippen LogP contribution in [0, 0.1) is 17.8 Å². The van der Waals surface area contributed by atoms with E-state index in [9.17, 15) is 14.7 Å². The lowest BCUT2D eigenvalue weighted by atomic mass is 9.97. The molecule has 3 atom stereocenters. The third kappa shape index (κ3) is 6.11. The molecule has 0 radical (unpaired) electrons. The van der Waals surface area contributed by atoms with Gasteiger partial charge in [-0.25, -0.2) is 4.79 Å². The first-order valence-corrected chi connectivity index (χ1v) is 8.66. The lowest BCUT2D eigenvalue weighted by Gasteiger charge is -2.32. The number of halogens is 1. The highest BCUT2D eigenvalue weighted by Crippen LogP contribution is 2.17. The minimum atomic E-state index is -0.389. The minimum Gasteiger partial charge on any atom is -0.391 e. The lowest BCUT2D eigenvalue weighted by Crippen LogP contribution is -2.50. The van der Waals surface area contributed by atoms with Gasteiger partial charge < -0.3 is 26.0 Å². The van der Waals surface area contributed by atoms with Crippen molar-refractivity contribution in [2.45, 2.75) is 32.8 Å². The Hall–Kier alpha value is -1.05. The molecule has 0 aromatic heterocycles. The molecule has 8 heteroatoms. The number of urea groups is 1. The van der Waals surface area contributed by atoms with E-state index in [4.69, 9.17) is 0 Å². The lowest BCUT2D eigenvalue weighted by molar-refractivity contribution is -0.126. The smallest absolute Gasteiger partial charge is 0.317 e. The largest absolute Gasteiger partial charge is 0.391 e. The number of aliphatic hydroxyl groups excluding tert-OH is 1. The van der Waals surface area contributed by atoms with Gasteiger partial charge >= 0.3 is 6.03 Å². The Morgan fingerprint density at radius 1 is 1.29 bits per heavy atom. The van der Waals surface area contributed by atoms with E-state index in [1.54, 1.807) is 4.90 Å². The van der Waals surface area contributed by atoms with Crippen LogP contribution < -0.4 is 16.0 Å². The number of hydrogen-bond acceptors (Lipinski definition) is 4. The molecule has 0 aliphatic carbocycles. The first kappa shape index (κ1) is 21.0. The van der Waals surface area contributed by atoms with Crippen LogP contribution >= 0.6 is 12.4 Å². The fourth-order valence-electron chi connectivity index (χ4n) is 3.08. The van der Waals surface area contributed by atoms with E-state index < -0.39 is 0 Å². The van der Waals surface area contributed by atoms with E-state index in [2.05, 4.69) is 29.8 Å². The van der Waals surface area contributed by atoms with Crippen molar-refractivity contribution in [1.29, 1.82) is 0 Å². The fraction of sp³-hybridized carbons (Fsp3) is 0.875. The second-order valence-electron chi connectivity index (χ2n) is 7.10. The van der Waals surface area contributed by atoms with Gasteiger partial charge in [0.2, 0.25) is 5.91 Å². The van der Waals surface area contributed by atoms with Crippen LogP contribution in [0.1, 0.15) is 26.7 Å². The highest BCUT2D eigenvalue weighted by molar-refractivity contribution is 5.85. The average molecular weight is 363 g/mol. The Morgan fingerprint density at radius 2 is 2.04 bits per heavy atom. The van der Waals surface area contributed by atoms with Crippen LogP contribution in [-0.4, -0.2) is 67.3 Å². The molecule has 2 aliphatic heterocycles. The molecule has 0 aromatic carbocycles. The number of nitrogens with one attached hydrogen (secondary N) is 3. The van der Waals surface area contributed by atoms with E-state index in [1.807, 2.05) is 0 Å². The number of aliphatic hydroxyl groups is 1. The second kappa shape index (κ2) is 10.1. The van der Waals surface area contributed by atoms with Crippen molar-refractivity contribution >= 4 is 24.3 Å². The van der Waals surface area contributed by atoms with Crippen molar-refractivity contribution in [3.8, 4) is 0 Å². The zero-order valence-corrected chi connectivity index (χ0v) is 15.4. The van der Waals surface area contributed by atoms with Crippen molar-refractivity contribution in [3.05, 3.63) is 0 Å². The molecule has 3 amide bonds. The highest BCUT2D eigenvalue weighted by Gasteiger charge is 2.30. The van der Waals surface area contributed by atoms with Gasteiger partial charge in [-0.15, -0.1) is 12.4 Å². The molecule has 0 spiro atoms. The number of carbonyl (C=O) groups is 2. The molecule has 0 bridgehead atoms. The summed E-state index contributed by atoms with van der Waals surface area (Å²) in [7, 11) is 0. The predicted octanol–water partition coefficient (Wildman–Crippen LogP) is 0.182. The van der Waals surface area contributed by atoms with Gasteiger partial charge in [-0.3, -0.25) is 4.79 Å². The van der Waals surface area contributed by atoms with Gasteiger partial charge in [-0.05, 0) is 18.8 Å². The topological polar surface area (TPSA) is 93.7 Å². The van der Waals surface area contributed by atoms with Crippen molar-refractivity contribution in [2.24, 2.45) is 17.8 Å². The summed E-state index contributed by atoms with van der Waals surface area (Å²) in [4.78, 5) is 26.2. The van der Waals surface area contributed by atoms with Gasteiger partial charge in [-0.2, -0.15) is 0 Å². The predicted molar refractivity (Wildman–Crippen MR) is 95.2 cm³/mol. The maximum Gasteiger partial charge on any atom is 0.317 e. The number of rotatable bonds is 5. The molecule has 2 heterocycles. The van der Waals surface area contributed by atoms with Gasteiger partial charge in [-0.1, -0.05) is 13.8 Å². The zero-order valence-electron chi connectivity index (χ0n) is 14.6. The highest BCUT2D eigenvalue weighted by atomic mass is 35.5. The Bertz CT molecular complexity index is 422. The standard InChI is InChI=1S/C16H30N4O3.ClH/c1-11(2)6-19-16(23)20-5-3-4-12(10-20)15(22)18-8-13-7-17-9-14(13)21;/h11-14,17,21H,3-10H2,1-2H3,(H,18,22)(H,19,23);1H. The maximum atomic E-state index is 12.3.